The Bertz CT molecular complexity index is 711. The van der Waals surface area contributed by atoms with Gasteiger partial charge in [-0.25, -0.2) is 4.79 Å². The zero-order valence-corrected chi connectivity index (χ0v) is 16.2. The van der Waals surface area contributed by atoms with E-state index in [1.165, 1.54) is 16.8 Å². The van der Waals surface area contributed by atoms with Gasteiger partial charge in [0.1, 0.15) is 17.4 Å². The first-order valence-corrected chi connectivity index (χ1v) is 8.62. The summed E-state index contributed by atoms with van der Waals surface area (Å²) in [5, 5.41) is 16.1. The van der Waals surface area contributed by atoms with E-state index >= 15 is 0 Å². The number of amides is 3. The molecule has 3 amide bonds. The highest BCUT2D eigenvalue weighted by molar-refractivity contribution is 5.95. The van der Waals surface area contributed by atoms with Crippen molar-refractivity contribution in [2.24, 2.45) is 0 Å². The Balaban J connectivity index is 1.98. The third kappa shape index (κ3) is 5.68. The molecule has 0 bridgehead atoms. The molecule has 2 N–H and O–H groups in total. The Morgan fingerprint density at radius 2 is 2.11 bits per heavy atom. The molecule has 0 radical (unpaired) electrons. The second kappa shape index (κ2) is 7.95. The van der Waals surface area contributed by atoms with Gasteiger partial charge in [0, 0.05) is 19.5 Å². The lowest BCUT2D eigenvalue weighted by molar-refractivity contribution is -0.137. The summed E-state index contributed by atoms with van der Waals surface area (Å²) in [4.78, 5) is 39.5. The molecule has 2 heterocycles. The number of aryl methyl sites for hydroxylation is 1. The lowest BCUT2D eigenvalue weighted by Gasteiger charge is -2.29. The van der Waals surface area contributed by atoms with Crippen molar-refractivity contribution >= 4 is 23.7 Å². The van der Waals surface area contributed by atoms with Crippen LogP contribution < -0.4 is 5.32 Å². The van der Waals surface area contributed by atoms with Gasteiger partial charge in [0.25, 0.3) is 0 Å². The second-order valence-electron chi connectivity index (χ2n) is 7.60. The Morgan fingerprint density at radius 1 is 1.44 bits per heavy atom. The number of hydrogen-bond acceptors (Lipinski definition) is 7. The van der Waals surface area contributed by atoms with E-state index in [2.05, 4.69) is 10.5 Å². The third-order valence-electron chi connectivity index (χ3n) is 3.84. The van der Waals surface area contributed by atoms with Crippen molar-refractivity contribution in [2.75, 3.05) is 25.5 Å². The normalized spacial score (nSPS) is 19.7. The van der Waals surface area contributed by atoms with Gasteiger partial charge in [0.2, 0.25) is 11.8 Å². The SMILES string of the molecule is Cc1cc(NC(=O)CN(C)C(=O)[C@H]2C[C@H](O)CN2C(=O)OC(C)(C)C)no1. The fourth-order valence-electron chi connectivity index (χ4n) is 2.73. The number of β-amino-alcohol motifs (C(OH)–C–C–N with tert-alkyl or cyclic N) is 1. The van der Waals surface area contributed by atoms with Gasteiger partial charge in [-0.15, -0.1) is 0 Å². The highest BCUT2D eigenvalue weighted by Gasteiger charge is 2.42. The van der Waals surface area contributed by atoms with Crippen molar-refractivity contribution in [3.05, 3.63) is 11.8 Å². The molecular weight excluding hydrogens is 356 g/mol. The summed E-state index contributed by atoms with van der Waals surface area (Å²) in [6.45, 7) is 6.61. The predicted molar refractivity (Wildman–Crippen MR) is 94.9 cm³/mol. The number of aliphatic hydroxyl groups excluding tert-OH is 1. The van der Waals surface area contributed by atoms with Crippen LogP contribution in [0.3, 0.4) is 0 Å². The fourth-order valence-corrected chi connectivity index (χ4v) is 2.73. The Hall–Kier alpha value is -2.62. The molecule has 0 aliphatic carbocycles. The van der Waals surface area contributed by atoms with Gasteiger partial charge in [-0.05, 0) is 27.7 Å². The first kappa shape index (κ1) is 20.7. The highest BCUT2D eigenvalue weighted by Crippen LogP contribution is 2.22. The van der Waals surface area contributed by atoms with Crippen LogP contribution in [0, 0.1) is 6.92 Å². The molecule has 150 valence electrons. The molecule has 1 aromatic heterocycles. The maximum atomic E-state index is 12.7. The van der Waals surface area contributed by atoms with Crippen LogP contribution in [0.1, 0.15) is 33.0 Å². The Kier molecular flexibility index (Phi) is 6.09. The van der Waals surface area contributed by atoms with E-state index in [-0.39, 0.29) is 25.3 Å². The molecule has 1 saturated heterocycles. The lowest BCUT2D eigenvalue weighted by atomic mass is 10.1. The number of hydrogen-bond donors (Lipinski definition) is 2. The van der Waals surface area contributed by atoms with Crippen molar-refractivity contribution in [1.82, 2.24) is 15.0 Å². The Labute approximate surface area is 157 Å². The van der Waals surface area contributed by atoms with E-state index in [0.29, 0.717) is 5.76 Å². The van der Waals surface area contributed by atoms with Crippen LogP contribution >= 0.6 is 0 Å². The number of nitrogens with zero attached hydrogens (tertiary/aromatic N) is 3. The first-order chi connectivity index (χ1) is 12.5. The lowest BCUT2D eigenvalue weighted by Crippen LogP contribution is -2.49. The van der Waals surface area contributed by atoms with Crippen molar-refractivity contribution in [1.29, 1.82) is 0 Å². The molecule has 1 fully saturated rings. The standard InChI is InChI=1S/C17H26N4O6/c1-10-6-13(19-27-10)18-14(23)9-20(5)15(24)12-7-11(22)8-21(12)16(25)26-17(2,3)4/h6,11-12,22H,7-9H2,1-5H3,(H,18,19,23)/t11-,12+/m0/s1. The minimum absolute atomic E-state index is 0.00354. The summed E-state index contributed by atoms with van der Waals surface area (Å²) in [6, 6.07) is 0.666. The van der Waals surface area contributed by atoms with E-state index in [0.717, 1.165) is 0 Å². The predicted octanol–water partition coefficient (Wildman–Crippen LogP) is 0.750. The minimum Gasteiger partial charge on any atom is -0.444 e. The third-order valence-corrected chi connectivity index (χ3v) is 3.84. The number of nitrogens with one attached hydrogen (secondary N) is 1. The number of anilines is 1. The molecule has 2 atom stereocenters. The largest absolute Gasteiger partial charge is 0.444 e. The summed E-state index contributed by atoms with van der Waals surface area (Å²) in [7, 11) is 1.45. The number of rotatable bonds is 4. The van der Waals surface area contributed by atoms with E-state index in [1.54, 1.807) is 33.8 Å². The van der Waals surface area contributed by atoms with E-state index in [9.17, 15) is 19.5 Å². The number of carbonyl (C=O) groups is 3. The molecule has 10 nitrogen and oxygen atoms in total. The van der Waals surface area contributed by atoms with Crippen molar-refractivity contribution in [2.45, 2.75) is 51.9 Å². The van der Waals surface area contributed by atoms with Gasteiger partial charge in [-0.3, -0.25) is 14.5 Å². The Morgan fingerprint density at radius 3 is 2.67 bits per heavy atom. The molecule has 0 unspecified atom stereocenters. The summed E-state index contributed by atoms with van der Waals surface area (Å²) >= 11 is 0. The van der Waals surface area contributed by atoms with E-state index in [4.69, 9.17) is 9.26 Å². The molecule has 1 aromatic rings. The van der Waals surface area contributed by atoms with Crippen LogP contribution in [0.15, 0.2) is 10.6 Å². The molecule has 1 aliphatic rings. The highest BCUT2D eigenvalue weighted by atomic mass is 16.6. The van der Waals surface area contributed by atoms with Crippen LogP contribution in [0.2, 0.25) is 0 Å². The average Bonchev–Trinajstić information content (AvgIpc) is 3.10. The van der Waals surface area contributed by atoms with Crippen molar-refractivity contribution in [3.63, 3.8) is 0 Å². The molecular formula is C17H26N4O6. The zero-order valence-electron chi connectivity index (χ0n) is 16.2. The number of aromatic nitrogens is 1. The quantitative estimate of drug-likeness (QED) is 0.787. The second-order valence-corrected chi connectivity index (χ2v) is 7.60. The van der Waals surface area contributed by atoms with Gasteiger partial charge in [-0.1, -0.05) is 5.16 Å². The van der Waals surface area contributed by atoms with Crippen molar-refractivity contribution in [3.8, 4) is 0 Å². The summed E-state index contributed by atoms with van der Waals surface area (Å²) in [5.41, 5.74) is -0.722. The van der Waals surface area contributed by atoms with Gasteiger partial charge in [-0.2, -0.15) is 0 Å². The average molecular weight is 382 g/mol. The van der Waals surface area contributed by atoms with Gasteiger partial charge < -0.3 is 24.6 Å². The zero-order chi connectivity index (χ0) is 20.4. The monoisotopic (exact) mass is 382 g/mol. The fraction of sp³-hybridized carbons (Fsp3) is 0.647. The molecule has 1 aliphatic heterocycles. The molecule has 2 rings (SSSR count). The molecule has 0 spiro atoms. The van der Waals surface area contributed by atoms with Crippen LogP contribution in [-0.2, 0) is 14.3 Å². The number of likely N-dealkylation sites (N-methyl/N-ethyl adjacent to an activating group) is 1. The molecule has 0 saturated carbocycles. The number of carbonyl (C=O) groups excluding carboxylic acids is 3. The number of likely N-dealkylation sites (tertiary alicyclic amines) is 1. The van der Waals surface area contributed by atoms with Gasteiger partial charge in [0.05, 0.1) is 19.2 Å². The van der Waals surface area contributed by atoms with Gasteiger partial charge in [0.15, 0.2) is 5.82 Å². The summed E-state index contributed by atoms with van der Waals surface area (Å²) in [6.07, 6.45) is -1.41. The maximum Gasteiger partial charge on any atom is 0.411 e. The summed E-state index contributed by atoms with van der Waals surface area (Å²) < 4.78 is 10.2. The summed E-state index contributed by atoms with van der Waals surface area (Å²) in [5.74, 6) is -0.113. The van der Waals surface area contributed by atoms with Crippen LogP contribution in [0.25, 0.3) is 0 Å². The topological polar surface area (TPSA) is 125 Å². The van der Waals surface area contributed by atoms with E-state index in [1.807, 2.05) is 0 Å². The van der Waals surface area contributed by atoms with Crippen LogP contribution in [0.4, 0.5) is 10.6 Å². The van der Waals surface area contributed by atoms with Crippen LogP contribution in [0.5, 0.6) is 0 Å². The molecule has 0 aromatic carbocycles. The minimum atomic E-state index is -0.887. The molecule has 27 heavy (non-hydrogen) atoms. The smallest absolute Gasteiger partial charge is 0.411 e. The molecule has 10 heteroatoms. The van der Waals surface area contributed by atoms with E-state index < -0.39 is 35.7 Å². The number of ether oxygens (including phenoxy) is 1. The van der Waals surface area contributed by atoms with Gasteiger partial charge >= 0.3 is 6.09 Å². The van der Waals surface area contributed by atoms with Crippen LogP contribution in [-0.4, -0.2) is 75.9 Å². The number of aliphatic hydroxyl groups is 1. The van der Waals surface area contributed by atoms with Crippen molar-refractivity contribution < 1.29 is 28.8 Å². The maximum absolute atomic E-state index is 12.7. The first-order valence-electron chi connectivity index (χ1n) is 8.62.